The van der Waals surface area contributed by atoms with Gasteiger partial charge in [-0.05, 0) is 61.5 Å². The molecule has 10 nitrogen and oxygen atoms in total. The fourth-order valence-electron chi connectivity index (χ4n) is 2.76. The van der Waals surface area contributed by atoms with Crippen molar-refractivity contribution in [3.63, 3.8) is 0 Å². The van der Waals surface area contributed by atoms with Crippen molar-refractivity contribution in [2.75, 3.05) is 7.11 Å². The van der Waals surface area contributed by atoms with Crippen LogP contribution < -0.4 is 19.6 Å². The van der Waals surface area contributed by atoms with Crippen LogP contribution in [0.1, 0.15) is 22.8 Å². The number of hydrogen-bond acceptors (Lipinski definition) is 8. The van der Waals surface area contributed by atoms with Crippen molar-refractivity contribution in [3.8, 4) is 17.2 Å². The fourth-order valence-corrected chi connectivity index (χ4v) is 3.14. The zero-order valence-electron chi connectivity index (χ0n) is 18.6. The number of hydrazone groups is 1. The molecule has 0 saturated carbocycles. The van der Waals surface area contributed by atoms with Gasteiger partial charge in [0, 0.05) is 22.2 Å². The van der Waals surface area contributed by atoms with Crippen molar-refractivity contribution in [3.05, 3.63) is 92.4 Å². The molecule has 1 atom stereocenters. The lowest BCUT2D eigenvalue weighted by Gasteiger charge is -2.12. The van der Waals surface area contributed by atoms with Crippen molar-refractivity contribution in [2.24, 2.45) is 5.10 Å². The topological polar surface area (TPSA) is 129 Å². The molecule has 3 aromatic rings. The van der Waals surface area contributed by atoms with Gasteiger partial charge in [-0.25, -0.2) is 10.2 Å². The number of halogens is 1. The summed E-state index contributed by atoms with van der Waals surface area (Å²) in [7, 11) is 1.53. The monoisotopic (exact) mass is 541 g/mol. The number of amides is 1. The van der Waals surface area contributed by atoms with E-state index in [1.165, 1.54) is 44.5 Å². The third-order valence-corrected chi connectivity index (χ3v) is 5.10. The quantitative estimate of drug-likeness (QED) is 0.139. The number of nitro benzene ring substituents is 1. The average Bonchev–Trinajstić information content (AvgIpc) is 2.85. The van der Waals surface area contributed by atoms with E-state index >= 15 is 0 Å². The maximum Gasteiger partial charge on any atom is 0.343 e. The van der Waals surface area contributed by atoms with E-state index in [2.05, 4.69) is 26.5 Å². The lowest BCUT2D eigenvalue weighted by Crippen LogP contribution is -2.33. The van der Waals surface area contributed by atoms with Gasteiger partial charge in [0.2, 0.25) is 0 Å². The van der Waals surface area contributed by atoms with Gasteiger partial charge in [0.25, 0.3) is 11.6 Å². The third-order valence-electron chi connectivity index (χ3n) is 4.61. The van der Waals surface area contributed by atoms with E-state index in [-0.39, 0.29) is 11.4 Å². The maximum atomic E-state index is 12.5. The number of carbonyl (C=O) groups is 2. The summed E-state index contributed by atoms with van der Waals surface area (Å²) in [5, 5.41) is 14.7. The second-order valence-electron chi connectivity index (χ2n) is 7.05. The highest BCUT2D eigenvalue weighted by Gasteiger charge is 2.16. The highest BCUT2D eigenvalue weighted by Crippen LogP contribution is 2.23. The van der Waals surface area contributed by atoms with Crippen LogP contribution in [0.5, 0.6) is 17.2 Å². The summed E-state index contributed by atoms with van der Waals surface area (Å²) in [6, 6.07) is 16.8. The number of rotatable bonds is 9. The number of methoxy groups -OCH3 is 1. The van der Waals surface area contributed by atoms with E-state index in [9.17, 15) is 19.7 Å². The van der Waals surface area contributed by atoms with Crippen LogP contribution in [-0.2, 0) is 4.79 Å². The Morgan fingerprint density at radius 3 is 2.34 bits per heavy atom. The van der Waals surface area contributed by atoms with E-state index in [1.807, 2.05) is 0 Å². The number of nitrogens with zero attached hydrogens (tertiary/aromatic N) is 2. The molecule has 0 saturated heterocycles. The molecule has 0 bridgehead atoms. The Morgan fingerprint density at radius 1 is 1.06 bits per heavy atom. The van der Waals surface area contributed by atoms with E-state index in [4.69, 9.17) is 14.2 Å². The maximum absolute atomic E-state index is 12.5. The Bertz CT molecular complexity index is 1240. The minimum Gasteiger partial charge on any atom is -0.497 e. The molecule has 0 radical (unpaired) electrons. The number of carbonyl (C=O) groups excluding carboxylic acids is 2. The first-order chi connectivity index (χ1) is 16.8. The normalized spacial score (nSPS) is 11.5. The minimum atomic E-state index is -0.927. The van der Waals surface area contributed by atoms with Gasteiger partial charge in [0.05, 0.1) is 23.8 Å². The minimum absolute atomic E-state index is 0.0865. The first-order valence-corrected chi connectivity index (χ1v) is 11.0. The second-order valence-corrected chi connectivity index (χ2v) is 7.96. The summed E-state index contributed by atoms with van der Waals surface area (Å²) < 4.78 is 16.8. The van der Waals surface area contributed by atoms with E-state index in [0.29, 0.717) is 27.1 Å². The van der Waals surface area contributed by atoms with E-state index < -0.39 is 22.9 Å². The van der Waals surface area contributed by atoms with Gasteiger partial charge in [-0.15, -0.1) is 0 Å². The Kier molecular flexibility index (Phi) is 8.52. The van der Waals surface area contributed by atoms with Gasteiger partial charge in [0.1, 0.15) is 17.2 Å². The van der Waals surface area contributed by atoms with E-state index in [1.54, 1.807) is 42.5 Å². The lowest BCUT2D eigenvalue weighted by atomic mass is 10.2. The number of benzene rings is 3. The standard InChI is InChI=1S/C24H20BrN3O7/c1-15(34-21-10-6-19(7-11-21)28(31)32)23(29)27-26-14-17-13-18(25)5-12-22(17)35-24(30)16-3-8-20(33-2)9-4-16/h3-15H,1-2H3,(H,27,29)/b26-14+. The van der Waals surface area contributed by atoms with Gasteiger partial charge in [-0.1, -0.05) is 15.9 Å². The Labute approximate surface area is 208 Å². The predicted octanol–water partition coefficient (Wildman–Crippen LogP) is 4.50. The van der Waals surface area contributed by atoms with Gasteiger partial charge >= 0.3 is 5.97 Å². The number of ether oxygens (including phenoxy) is 3. The SMILES string of the molecule is COc1ccc(C(=O)Oc2ccc(Br)cc2/C=N/NC(=O)C(C)Oc2ccc([N+](=O)[O-])cc2)cc1. The average molecular weight is 542 g/mol. The van der Waals surface area contributed by atoms with Crippen LogP contribution in [0.4, 0.5) is 5.69 Å². The molecule has 1 N–H and O–H groups in total. The fraction of sp³-hybridized carbons (Fsp3) is 0.125. The number of hydrogen-bond donors (Lipinski definition) is 1. The van der Waals surface area contributed by atoms with Crippen LogP contribution in [0.15, 0.2) is 76.3 Å². The molecular weight excluding hydrogens is 522 g/mol. The molecule has 180 valence electrons. The van der Waals surface area contributed by atoms with Crippen LogP contribution >= 0.6 is 15.9 Å². The van der Waals surface area contributed by atoms with Crippen LogP contribution in [0, 0.1) is 10.1 Å². The van der Waals surface area contributed by atoms with E-state index in [0.717, 1.165) is 0 Å². The zero-order chi connectivity index (χ0) is 25.4. The molecule has 35 heavy (non-hydrogen) atoms. The van der Waals surface area contributed by atoms with Crippen LogP contribution in [0.25, 0.3) is 0 Å². The molecule has 0 aliphatic rings. The highest BCUT2D eigenvalue weighted by molar-refractivity contribution is 9.10. The molecule has 1 unspecified atom stereocenters. The van der Waals surface area contributed by atoms with Crippen LogP contribution in [-0.4, -0.2) is 36.2 Å². The summed E-state index contributed by atoms with van der Waals surface area (Å²) in [5.41, 5.74) is 3.04. The summed E-state index contributed by atoms with van der Waals surface area (Å²) in [4.78, 5) is 35.0. The molecule has 0 aliphatic heterocycles. The van der Waals surface area contributed by atoms with Crippen molar-refractivity contribution in [1.82, 2.24) is 5.43 Å². The Morgan fingerprint density at radius 2 is 1.71 bits per heavy atom. The number of esters is 1. The molecular formula is C24H20BrN3O7. The predicted molar refractivity (Wildman–Crippen MR) is 131 cm³/mol. The molecule has 0 heterocycles. The van der Waals surface area contributed by atoms with Crippen molar-refractivity contribution in [2.45, 2.75) is 13.0 Å². The molecule has 1 amide bonds. The number of non-ortho nitro benzene ring substituents is 1. The molecule has 3 aromatic carbocycles. The number of nitrogens with one attached hydrogen (secondary N) is 1. The first kappa shape index (κ1) is 25.4. The molecule has 3 rings (SSSR count). The Balaban J connectivity index is 1.63. The molecule has 11 heteroatoms. The molecule has 0 fully saturated rings. The second kappa shape index (κ2) is 11.7. The van der Waals surface area contributed by atoms with Crippen molar-refractivity contribution in [1.29, 1.82) is 0 Å². The van der Waals surface area contributed by atoms with Gasteiger partial charge < -0.3 is 14.2 Å². The molecule has 0 spiro atoms. The summed E-state index contributed by atoms with van der Waals surface area (Å²) in [5.74, 6) is 0.0230. The lowest BCUT2D eigenvalue weighted by molar-refractivity contribution is -0.384. The summed E-state index contributed by atoms with van der Waals surface area (Å²) >= 11 is 3.35. The van der Waals surface area contributed by atoms with Gasteiger partial charge in [0.15, 0.2) is 6.10 Å². The third kappa shape index (κ3) is 7.11. The zero-order valence-corrected chi connectivity index (χ0v) is 20.2. The van der Waals surface area contributed by atoms with Crippen LogP contribution in [0.2, 0.25) is 0 Å². The first-order valence-electron chi connectivity index (χ1n) is 10.2. The van der Waals surface area contributed by atoms with Crippen molar-refractivity contribution >= 4 is 39.7 Å². The molecule has 0 aliphatic carbocycles. The van der Waals surface area contributed by atoms with Crippen molar-refractivity contribution < 1.29 is 28.7 Å². The summed E-state index contributed by atoms with van der Waals surface area (Å²) in [6.07, 6.45) is 0.404. The Hall–Kier alpha value is -4.25. The van der Waals surface area contributed by atoms with Gasteiger partial charge in [-0.3, -0.25) is 14.9 Å². The van der Waals surface area contributed by atoms with Crippen LogP contribution in [0.3, 0.4) is 0 Å². The largest absolute Gasteiger partial charge is 0.497 e. The molecule has 0 aromatic heterocycles. The summed E-state index contributed by atoms with van der Waals surface area (Å²) in [6.45, 7) is 1.51. The number of nitro groups is 1. The highest BCUT2D eigenvalue weighted by atomic mass is 79.9. The smallest absolute Gasteiger partial charge is 0.343 e. The van der Waals surface area contributed by atoms with Gasteiger partial charge in [-0.2, -0.15) is 5.10 Å².